The van der Waals surface area contributed by atoms with Crippen LogP contribution in [-0.2, 0) is 16.6 Å². The average Bonchev–Trinajstić information content (AvgIpc) is 2.87. The fourth-order valence-corrected chi connectivity index (χ4v) is 4.05. The zero-order valence-corrected chi connectivity index (χ0v) is 14.6. The molecule has 138 valence electrons. The van der Waals surface area contributed by atoms with E-state index in [-0.39, 0.29) is 37.1 Å². The molecule has 0 bridgehead atoms. The molecule has 4 rings (SSSR count). The first kappa shape index (κ1) is 17.0. The first-order valence-electron chi connectivity index (χ1n) is 8.92. The van der Waals surface area contributed by atoms with Crippen LogP contribution in [0.1, 0.15) is 37.2 Å². The fourth-order valence-electron chi connectivity index (χ4n) is 4.05. The second kappa shape index (κ2) is 6.35. The van der Waals surface area contributed by atoms with Gasteiger partial charge in [-0.25, -0.2) is 9.18 Å². The van der Waals surface area contributed by atoms with Crippen LogP contribution in [0.25, 0.3) is 11.0 Å². The highest BCUT2D eigenvalue weighted by Gasteiger charge is 2.33. The molecule has 2 saturated heterocycles. The zero-order valence-electron chi connectivity index (χ0n) is 14.6. The number of carbonyl (C=O) groups is 2. The van der Waals surface area contributed by atoms with E-state index in [1.165, 1.54) is 4.57 Å². The number of aromatic nitrogens is 2. The molecule has 0 aliphatic carbocycles. The molecule has 2 unspecified atom stereocenters. The number of halogens is 1. The van der Waals surface area contributed by atoms with Gasteiger partial charge in [-0.05, 0) is 31.0 Å². The van der Waals surface area contributed by atoms with Crippen LogP contribution in [0.3, 0.4) is 0 Å². The van der Waals surface area contributed by atoms with Gasteiger partial charge in [-0.3, -0.25) is 14.2 Å². The van der Waals surface area contributed by atoms with E-state index in [0.29, 0.717) is 30.4 Å². The van der Waals surface area contributed by atoms with E-state index in [1.807, 2.05) is 6.07 Å². The third-order valence-corrected chi connectivity index (χ3v) is 5.34. The minimum atomic E-state index is -1.05. The summed E-state index contributed by atoms with van der Waals surface area (Å²) in [7, 11) is 1.60. The van der Waals surface area contributed by atoms with Crippen LogP contribution in [0.4, 0.5) is 4.39 Å². The standard InChI is InChI=1S/C18H21FN4O3/c1-21-17-12(11-8-9-20-10-13(11)19)4-2-5-14(17)22(18(21)26)23-15(24)6-3-7-16(23)25/h2,4-5,11,13,20H,3,6-10H2,1H3. The highest BCUT2D eigenvalue weighted by Crippen LogP contribution is 2.33. The van der Waals surface area contributed by atoms with Crippen LogP contribution in [0.5, 0.6) is 0 Å². The summed E-state index contributed by atoms with van der Waals surface area (Å²) in [5.41, 5.74) is 1.31. The number of alkyl halides is 1. The Kier molecular flexibility index (Phi) is 4.14. The molecule has 2 fully saturated rings. The molecule has 2 amide bonds. The van der Waals surface area contributed by atoms with E-state index in [1.54, 1.807) is 19.2 Å². The lowest BCUT2D eigenvalue weighted by molar-refractivity contribution is -0.131. The van der Waals surface area contributed by atoms with Crippen molar-refractivity contribution in [3.05, 3.63) is 34.2 Å². The minimum Gasteiger partial charge on any atom is -0.314 e. The Balaban J connectivity index is 1.93. The predicted octanol–water partition coefficient (Wildman–Crippen LogP) is 0.930. The SMILES string of the molecule is Cn1c(=O)n(N2C(=O)CCCC2=O)c2cccc(C3CCNCC3F)c21. The lowest BCUT2D eigenvalue weighted by Crippen LogP contribution is -2.52. The van der Waals surface area contributed by atoms with Crippen molar-refractivity contribution in [2.24, 2.45) is 7.05 Å². The van der Waals surface area contributed by atoms with E-state index in [2.05, 4.69) is 5.32 Å². The van der Waals surface area contributed by atoms with E-state index in [9.17, 15) is 18.8 Å². The van der Waals surface area contributed by atoms with Crippen molar-refractivity contribution in [3.8, 4) is 0 Å². The minimum absolute atomic E-state index is 0.231. The van der Waals surface area contributed by atoms with Crippen LogP contribution >= 0.6 is 0 Å². The molecular weight excluding hydrogens is 339 g/mol. The maximum atomic E-state index is 14.5. The van der Waals surface area contributed by atoms with Crippen molar-refractivity contribution >= 4 is 22.8 Å². The second-order valence-electron chi connectivity index (χ2n) is 6.94. The number of imidazole rings is 1. The summed E-state index contributed by atoms with van der Waals surface area (Å²) in [5.74, 6) is -1.09. The quantitative estimate of drug-likeness (QED) is 0.809. The summed E-state index contributed by atoms with van der Waals surface area (Å²) >= 11 is 0. The number of piperidine rings is 2. The van der Waals surface area contributed by atoms with Gasteiger partial charge in [-0.15, -0.1) is 0 Å². The van der Waals surface area contributed by atoms with Gasteiger partial charge in [0.15, 0.2) is 0 Å². The van der Waals surface area contributed by atoms with Crippen LogP contribution in [0.2, 0.25) is 0 Å². The molecule has 26 heavy (non-hydrogen) atoms. The van der Waals surface area contributed by atoms with Crippen LogP contribution < -0.4 is 16.0 Å². The maximum absolute atomic E-state index is 14.5. The number of aryl methyl sites for hydroxylation is 1. The predicted molar refractivity (Wildman–Crippen MR) is 94.4 cm³/mol. The third-order valence-electron chi connectivity index (χ3n) is 5.34. The smallest absolute Gasteiger partial charge is 0.314 e. The Morgan fingerprint density at radius 3 is 2.58 bits per heavy atom. The molecule has 1 aromatic carbocycles. The second-order valence-corrected chi connectivity index (χ2v) is 6.94. The summed E-state index contributed by atoms with van der Waals surface area (Å²) in [6, 6.07) is 5.28. The van der Waals surface area contributed by atoms with Crippen molar-refractivity contribution < 1.29 is 14.0 Å². The van der Waals surface area contributed by atoms with Crippen molar-refractivity contribution in [1.29, 1.82) is 0 Å². The normalized spacial score (nSPS) is 24.5. The van der Waals surface area contributed by atoms with E-state index >= 15 is 0 Å². The van der Waals surface area contributed by atoms with Gasteiger partial charge in [0.05, 0.1) is 11.0 Å². The Hall–Kier alpha value is -2.48. The van der Waals surface area contributed by atoms with Gasteiger partial charge in [-0.2, -0.15) is 9.69 Å². The molecule has 0 radical (unpaired) electrons. The summed E-state index contributed by atoms with van der Waals surface area (Å²) in [6.45, 7) is 0.984. The third kappa shape index (κ3) is 2.47. The van der Waals surface area contributed by atoms with Crippen LogP contribution in [0.15, 0.2) is 23.0 Å². The molecule has 3 heterocycles. The van der Waals surface area contributed by atoms with E-state index in [0.717, 1.165) is 15.2 Å². The highest BCUT2D eigenvalue weighted by atomic mass is 19.1. The number of hydrogen-bond donors (Lipinski definition) is 1. The van der Waals surface area contributed by atoms with E-state index < -0.39 is 11.9 Å². The van der Waals surface area contributed by atoms with Gasteiger partial charge < -0.3 is 5.32 Å². The number of imide groups is 1. The molecule has 2 atom stereocenters. The van der Waals surface area contributed by atoms with Crippen molar-refractivity contribution in [2.45, 2.75) is 37.8 Å². The van der Waals surface area contributed by atoms with Gasteiger partial charge in [0.1, 0.15) is 6.17 Å². The molecule has 0 saturated carbocycles. The monoisotopic (exact) mass is 360 g/mol. The summed E-state index contributed by atoms with van der Waals surface area (Å²) in [4.78, 5) is 37.5. The van der Waals surface area contributed by atoms with Gasteiger partial charge in [0.25, 0.3) is 0 Å². The van der Waals surface area contributed by atoms with Crippen molar-refractivity contribution in [1.82, 2.24) is 14.6 Å². The number of nitrogens with zero attached hydrogens (tertiary/aromatic N) is 3. The Labute approximate surface area is 149 Å². The summed E-state index contributed by atoms with van der Waals surface area (Å²) < 4.78 is 17.1. The molecule has 8 heteroatoms. The molecule has 7 nitrogen and oxygen atoms in total. The molecule has 1 aromatic heterocycles. The molecule has 2 aliphatic heterocycles. The summed E-state index contributed by atoms with van der Waals surface area (Å²) in [5, 5.41) is 3.98. The Morgan fingerprint density at radius 1 is 1.15 bits per heavy atom. The molecule has 2 aliphatic rings. The molecule has 2 aromatic rings. The number of carbonyl (C=O) groups excluding carboxylic acids is 2. The lowest BCUT2D eigenvalue weighted by atomic mass is 9.88. The fraction of sp³-hybridized carbons (Fsp3) is 0.500. The number of benzene rings is 1. The Bertz CT molecular complexity index is 932. The lowest BCUT2D eigenvalue weighted by Gasteiger charge is -2.28. The number of para-hydroxylation sites is 1. The van der Waals surface area contributed by atoms with Crippen LogP contribution in [-0.4, -0.2) is 40.3 Å². The van der Waals surface area contributed by atoms with Crippen LogP contribution in [0, 0.1) is 0 Å². The largest absolute Gasteiger partial charge is 0.348 e. The highest BCUT2D eigenvalue weighted by molar-refractivity contribution is 6.11. The Morgan fingerprint density at radius 2 is 1.88 bits per heavy atom. The van der Waals surface area contributed by atoms with Crippen molar-refractivity contribution in [2.75, 3.05) is 18.1 Å². The van der Waals surface area contributed by atoms with Gasteiger partial charge in [0.2, 0.25) is 11.8 Å². The molecule has 0 spiro atoms. The topological polar surface area (TPSA) is 76.3 Å². The zero-order chi connectivity index (χ0) is 18.4. The molecule has 1 N–H and O–H groups in total. The van der Waals surface area contributed by atoms with Gasteiger partial charge in [0, 0.05) is 32.4 Å². The molecular formula is C18H21FN4O3. The number of rotatable bonds is 2. The number of nitrogens with one attached hydrogen (secondary N) is 1. The number of amides is 2. The summed E-state index contributed by atoms with van der Waals surface area (Å²) in [6.07, 6.45) is 0.536. The first-order chi connectivity index (χ1) is 12.5. The number of hydrogen-bond acceptors (Lipinski definition) is 4. The van der Waals surface area contributed by atoms with Gasteiger partial charge >= 0.3 is 5.69 Å². The van der Waals surface area contributed by atoms with E-state index in [4.69, 9.17) is 0 Å². The number of fused-ring (bicyclic) bond motifs is 1. The van der Waals surface area contributed by atoms with Gasteiger partial charge in [-0.1, -0.05) is 12.1 Å². The maximum Gasteiger partial charge on any atom is 0.348 e. The van der Waals surface area contributed by atoms with Crippen molar-refractivity contribution in [3.63, 3.8) is 0 Å². The first-order valence-corrected chi connectivity index (χ1v) is 8.92. The average molecular weight is 360 g/mol.